The fourth-order valence-electron chi connectivity index (χ4n) is 1.60. The van der Waals surface area contributed by atoms with Crippen LogP contribution in [0, 0.1) is 0 Å². The summed E-state index contributed by atoms with van der Waals surface area (Å²) in [4.78, 5) is 14.0. The van der Waals surface area contributed by atoms with Crippen molar-refractivity contribution in [3.63, 3.8) is 0 Å². The van der Waals surface area contributed by atoms with Crippen molar-refractivity contribution < 1.29 is 4.79 Å². The second-order valence-corrected chi connectivity index (χ2v) is 6.47. The Kier molecular flexibility index (Phi) is 4.59. The number of thiophene rings is 1. The van der Waals surface area contributed by atoms with Gasteiger partial charge in [0.15, 0.2) is 0 Å². The molecule has 94 valence electrons. The largest absolute Gasteiger partial charge is 0.337 e. The van der Waals surface area contributed by atoms with E-state index in [9.17, 15) is 4.79 Å². The Labute approximate surface area is 127 Å². The number of benzene rings is 1. The highest BCUT2D eigenvalue weighted by molar-refractivity contribution is 9.11. The van der Waals surface area contributed by atoms with Gasteiger partial charge < -0.3 is 4.90 Å². The van der Waals surface area contributed by atoms with E-state index in [0.29, 0.717) is 12.1 Å². The number of hydrogen-bond acceptors (Lipinski definition) is 2. The van der Waals surface area contributed by atoms with Crippen LogP contribution < -0.4 is 0 Å². The van der Waals surface area contributed by atoms with Gasteiger partial charge in [-0.1, -0.05) is 15.9 Å². The molecule has 0 aliphatic rings. The van der Waals surface area contributed by atoms with Gasteiger partial charge in [0, 0.05) is 22.5 Å². The third kappa shape index (κ3) is 3.22. The molecule has 2 nitrogen and oxygen atoms in total. The van der Waals surface area contributed by atoms with Gasteiger partial charge in [-0.15, -0.1) is 0 Å². The molecule has 18 heavy (non-hydrogen) atoms. The van der Waals surface area contributed by atoms with Gasteiger partial charge in [-0.05, 0) is 56.5 Å². The van der Waals surface area contributed by atoms with E-state index in [-0.39, 0.29) is 5.91 Å². The molecule has 0 N–H and O–H groups in total. The maximum atomic E-state index is 12.3. The Bertz CT molecular complexity index is 554. The Hall–Kier alpha value is -0.650. The fourth-order valence-corrected chi connectivity index (χ4v) is 3.47. The van der Waals surface area contributed by atoms with Gasteiger partial charge in [0.05, 0.1) is 5.56 Å². The number of hydrogen-bond donors (Lipinski definition) is 0. The maximum absolute atomic E-state index is 12.3. The Balaban J connectivity index is 2.15. The zero-order valence-electron chi connectivity index (χ0n) is 9.69. The lowest BCUT2D eigenvalue weighted by molar-refractivity contribution is 0.0784. The molecule has 2 aromatic rings. The number of nitrogens with zero attached hydrogens (tertiary/aromatic N) is 1. The molecule has 0 unspecified atom stereocenters. The standard InChI is InChI=1S/C13H11Br2NOS/c1-16(7-9-4-5-18-8-9)13(17)11-3-2-10(14)6-12(11)15/h2-6,8H,7H2,1H3. The van der Waals surface area contributed by atoms with Crippen molar-refractivity contribution >= 4 is 49.1 Å². The van der Waals surface area contributed by atoms with Crippen molar-refractivity contribution in [3.05, 3.63) is 55.1 Å². The minimum atomic E-state index is 0.0144. The van der Waals surface area contributed by atoms with E-state index in [4.69, 9.17) is 0 Å². The molecule has 0 fully saturated rings. The fraction of sp³-hybridized carbons (Fsp3) is 0.154. The number of carbonyl (C=O) groups excluding carboxylic acids is 1. The smallest absolute Gasteiger partial charge is 0.255 e. The number of halogens is 2. The molecule has 1 amide bonds. The Morgan fingerprint density at radius 3 is 2.72 bits per heavy atom. The van der Waals surface area contributed by atoms with Crippen LogP contribution in [0.2, 0.25) is 0 Å². The first-order valence-electron chi connectivity index (χ1n) is 5.29. The third-order valence-corrected chi connectivity index (χ3v) is 4.39. The molecule has 0 spiro atoms. The van der Waals surface area contributed by atoms with Crippen LogP contribution in [0.3, 0.4) is 0 Å². The van der Waals surface area contributed by atoms with Crippen molar-refractivity contribution in [3.8, 4) is 0 Å². The number of carbonyl (C=O) groups is 1. The molecular formula is C13H11Br2NOS. The molecule has 0 atom stereocenters. The van der Waals surface area contributed by atoms with Crippen molar-refractivity contribution in [1.82, 2.24) is 4.90 Å². The van der Waals surface area contributed by atoms with Crippen molar-refractivity contribution in [1.29, 1.82) is 0 Å². The monoisotopic (exact) mass is 387 g/mol. The molecule has 0 radical (unpaired) electrons. The summed E-state index contributed by atoms with van der Waals surface area (Å²) in [7, 11) is 1.81. The predicted molar refractivity (Wildman–Crippen MR) is 82.0 cm³/mol. The zero-order chi connectivity index (χ0) is 13.1. The average Bonchev–Trinajstić information content (AvgIpc) is 2.81. The summed E-state index contributed by atoms with van der Waals surface area (Å²) in [5, 5.41) is 4.07. The lowest BCUT2D eigenvalue weighted by Gasteiger charge is -2.17. The van der Waals surface area contributed by atoms with E-state index in [1.807, 2.05) is 36.7 Å². The lowest BCUT2D eigenvalue weighted by atomic mass is 10.2. The third-order valence-electron chi connectivity index (χ3n) is 2.51. The summed E-state index contributed by atoms with van der Waals surface area (Å²) in [6.07, 6.45) is 0. The van der Waals surface area contributed by atoms with Gasteiger partial charge in [-0.3, -0.25) is 4.79 Å². The van der Waals surface area contributed by atoms with E-state index >= 15 is 0 Å². The van der Waals surface area contributed by atoms with Crippen LogP contribution in [0.5, 0.6) is 0 Å². The molecule has 0 bridgehead atoms. The summed E-state index contributed by atoms with van der Waals surface area (Å²) in [6.45, 7) is 0.630. The van der Waals surface area contributed by atoms with Gasteiger partial charge in [-0.2, -0.15) is 11.3 Å². The average molecular weight is 389 g/mol. The van der Waals surface area contributed by atoms with Crippen LogP contribution in [0.1, 0.15) is 15.9 Å². The molecule has 1 aromatic heterocycles. The second kappa shape index (κ2) is 5.99. The van der Waals surface area contributed by atoms with Crippen LogP contribution in [0.15, 0.2) is 44.0 Å². The van der Waals surface area contributed by atoms with E-state index in [2.05, 4.69) is 37.2 Å². The van der Waals surface area contributed by atoms with E-state index in [0.717, 1.165) is 14.5 Å². The molecule has 0 aliphatic heterocycles. The summed E-state index contributed by atoms with van der Waals surface area (Å²) >= 11 is 8.44. The summed E-state index contributed by atoms with van der Waals surface area (Å²) in [6, 6.07) is 7.60. The van der Waals surface area contributed by atoms with Crippen LogP contribution in [0.4, 0.5) is 0 Å². The Morgan fingerprint density at radius 1 is 1.33 bits per heavy atom. The highest BCUT2D eigenvalue weighted by atomic mass is 79.9. The SMILES string of the molecule is CN(Cc1ccsc1)C(=O)c1ccc(Br)cc1Br. The van der Waals surface area contributed by atoms with Gasteiger partial charge in [0.2, 0.25) is 0 Å². The quantitative estimate of drug-likeness (QED) is 0.755. The van der Waals surface area contributed by atoms with Crippen LogP contribution in [-0.4, -0.2) is 17.9 Å². The first-order chi connectivity index (χ1) is 8.58. The number of rotatable bonds is 3. The minimum Gasteiger partial charge on any atom is -0.337 e. The maximum Gasteiger partial charge on any atom is 0.255 e. The molecule has 1 aromatic carbocycles. The summed E-state index contributed by atoms with van der Waals surface area (Å²) in [5.41, 5.74) is 1.83. The summed E-state index contributed by atoms with van der Waals surface area (Å²) < 4.78 is 1.76. The van der Waals surface area contributed by atoms with Gasteiger partial charge in [-0.25, -0.2) is 0 Å². The van der Waals surface area contributed by atoms with E-state index < -0.39 is 0 Å². The van der Waals surface area contributed by atoms with Crippen molar-refractivity contribution in [2.24, 2.45) is 0 Å². The van der Waals surface area contributed by atoms with Crippen LogP contribution >= 0.6 is 43.2 Å². The number of amides is 1. The topological polar surface area (TPSA) is 20.3 Å². The van der Waals surface area contributed by atoms with E-state index in [1.165, 1.54) is 0 Å². The molecular weight excluding hydrogens is 378 g/mol. The molecule has 1 heterocycles. The molecule has 0 saturated heterocycles. The van der Waals surface area contributed by atoms with Crippen LogP contribution in [-0.2, 0) is 6.54 Å². The predicted octanol–water partition coefficient (Wildman–Crippen LogP) is 4.55. The highest BCUT2D eigenvalue weighted by Gasteiger charge is 2.15. The molecule has 2 rings (SSSR count). The highest BCUT2D eigenvalue weighted by Crippen LogP contribution is 2.23. The van der Waals surface area contributed by atoms with Crippen LogP contribution in [0.25, 0.3) is 0 Å². The normalized spacial score (nSPS) is 10.4. The molecule has 5 heteroatoms. The lowest BCUT2D eigenvalue weighted by Crippen LogP contribution is -2.26. The minimum absolute atomic E-state index is 0.0144. The van der Waals surface area contributed by atoms with E-state index in [1.54, 1.807) is 16.2 Å². The first-order valence-corrected chi connectivity index (χ1v) is 7.82. The Morgan fingerprint density at radius 2 is 2.11 bits per heavy atom. The molecule has 0 saturated carbocycles. The van der Waals surface area contributed by atoms with Gasteiger partial charge in [0.25, 0.3) is 5.91 Å². The first kappa shape index (κ1) is 13.8. The second-order valence-electron chi connectivity index (χ2n) is 3.92. The summed E-state index contributed by atoms with van der Waals surface area (Å²) in [5.74, 6) is 0.0144. The molecule has 0 aliphatic carbocycles. The van der Waals surface area contributed by atoms with Gasteiger partial charge in [0.1, 0.15) is 0 Å². The van der Waals surface area contributed by atoms with Crippen molar-refractivity contribution in [2.45, 2.75) is 6.54 Å². The van der Waals surface area contributed by atoms with Crippen molar-refractivity contribution in [2.75, 3.05) is 7.05 Å². The van der Waals surface area contributed by atoms with Gasteiger partial charge >= 0.3 is 0 Å². The zero-order valence-corrected chi connectivity index (χ0v) is 13.7.